The van der Waals surface area contributed by atoms with Crippen molar-refractivity contribution in [1.29, 1.82) is 0 Å². The van der Waals surface area contributed by atoms with Crippen LogP contribution in [0.15, 0.2) is 49.2 Å². The van der Waals surface area contributed by atoms with Crippen molar-refractivity contribution < 1.29 is 18.7 Å². The largest absolute Gasteiger partial charge is 0.491 e. The molecule has 2 aromatic rings. The van der Waals surface area contributed by atoms with E-state index in [2.05, 4.69) is 39.0 Å². The smallest absolute Gasteiger partial charge is 0.255 e. The molecule has 1 fully saturated rings. The molecule has 33 heavy (non-hydrogen) atoms. The van der Waals surface area contributed by atoms with Gasteiger partial charge in [0.15, 0.2) is 11.6 Å². The molecule has 1 aromatic heterocycles. The van der Waals surface area contributed by atoms with E-state index in [9.17, 15) is 4.79 Å². The number of ether oxygens (including phenoxy) is 2. The lowest BCUT2D eigenvalue weighted by Crippen LogP contribution is -2.26. The Hall–Kier alpha value is -3.59. The second-order valence-electron chi connectivity index (χ2n) is 7.92. The number of fused-ring (bicyclic) bond motifs is 1. The maximum atomic E-state index is 15.2. The molecular weight excluding hydrogens is 425 g/mol. The number of benzene rings is 1. The van der Waals surface area contributed by atoms with Gasteiger partial charge in [0.2, 0.25) is 0 Å². The molecule has 174 valence electrons. The minimum Gasteiger partial charge on any atom is -0.491 e. The molecule has 2 aliphatic rings. The Balaban J connectivity index is 1.54. The predicted molar refractivity (Wildman–Crippen MR) is 125 cm³/mol. The molecule has 3 N–H and O–H groups in total. The Morgan fingerprint density at radius 3 is 2.85 bits per heavy atom. The Kier molecular flexibility index (Phi) is 6.79. The van der Waals surface area contributed by atoms with Crippen LogP contribution in [0.2, 0.25) is 0 Å². The summed E-state index contributed by atoms with van der Waals surface area (Å²) < 4.78 is 25.8. The highest BCUT2D eigenvalue weighted by molar-refractivity contribution is 6.03. The first kappa shape index (κ1) is 22.6. The number of rotatable bonds is 10. The van der Waals surface area contributed by atoms with Gasteiger partial charge in [-0.15, -0.1) is 0 Å². The standard InChI is InChI=1S/C24H28FN5O3/c1-4-15(2)30-10-9-17(14-30)28-23-21(25)19-13-26-24(31)20(19)22(29-23)27-16-5-7-18(8-6-16)33-12-11-32-3/h4-8,17H,1-2,9-14H2,3H3,(H,26,31)(H2,27,28,29). The predicted octanol–water partition coefficient (Wildman–Crippen LogP) is 3.42. The third kappa shape index (κ3) is 4.93. The van der Waals surface area contributed by atoms with Gasteiger partial charge >= 0.3 is 0 Å². The fourth-order valence-corrected chi connectivity index (χ4v) is 3.94. The van der Waals surface area contributed by atoms with Crippen molar-refractivity contribution in [2.45, 2.75) is 19.0 Å². The lowest BCUT2D eigenvalue weighted by atomic mass is 10.1. The van der Waals surface area contributed by atoms with Crippen LogP contribution >= 0.6 is 0 Å². The van der Waals surface area contributed by atoms with Crippen LogP contribution in [-0.4, -0.2) is 55.2 Å². The van der Waals surface area contributed by atoms with Gasteiger partial charge in [-0.3, -0.25) is 4.79 Å². The van der Waals surface area contributed by atoms with Gasteiger partial charge < -0.3 is 30.3 Å². The van der Waals surface area contributed by atoms with Gasteiger partial charge in [0, 0.05) is 49.7 Å². The Bertz CT molecular complexity index is 1060. The average Bonchev–Trinajstić information content (AvgIpc) is 3.45. The van der Waals surface area contributed by atoms with Crippen molar-refractivity contribution in [3.05, 3.63) is 66.1 Å². The van der Waals surface area contributed by atoms with Gasteiger partial charge in [0.05, 0.1) is 12.2 Å². The quantitative estimate of drug-likeness (QED) is 0.375. The van der Waals surface area contributed by atoms with Crippen molar-refractivity contribution in [2.75, 3.05) is 44.0 Å². The second-order valence-corrected chi connectivity index (χ2v) is 7.92. The molecule has 0 radical (unpaired) electrons. The summed E-state index contributed by atoms with van der Waals surface area (Å²) in [6, 6.07) is 7.24. The van der Waals surface area contributed by atoms with E-state index in [4.69, 9.17) is 9.47 Å². The summed E-state index contributed by atoms with van der Waals surface area (Å²) in [6.07, 6.45) is 2.53. The molecular formula is C24H28FN5O3. The molecule has 2 aliphatic heterocycles. The van der Waals surface area contributed by atoms with Gasteiger partial charge in [0.1, 0.15) is 18.2 Å². The highest BCUT2D eigenvalue weighted by atomic mass is 19.1. The van der Waals surface area contributed by atoms with Gasteiger partial charge in [-0.2, -0.15) is 0 Å². The third-order valence-electron chi connectivity index (χ3n) is 5.73. The number of aromatic nitrogens is 1. The minimum absolute atomic E-state index is 0.00296. The molecule has 0 aliphatic carbocycles. The number of methoxy groups -OCH3 is 1. The minimum atomic E-state index is -0.503. The Labute approximate surface area is 192 Å². The summed E-state index contributed by atoms with van der Waals surface area (Å²) in [5, 5.41) is 9.06. The molecule has 3 heterocycles. The normalized spacial score (nSPS) is 16.8. The number of nitrogens with zero attached hydrogens (tertiary/aromatic N) is 2. The van der Waals surface area contributed by atoms with E-state index in [-0.39, 0.29) is 29.9 Å². The third-order valence-corrected chi connectivity index (χ3v) is 5.73. The van der Waals surface area contributed by atoms with Crippen LogP contribution in [-0.2, 0) is 11.3 Å². The van der Waals surface area contributed by atoms with Crippen LogP contribution in [0.5, 0.6) is 5.75 Å². The molecule has 1 saturated heterocycles. The summed E-state index contributed by atoms with van der Waals surface area (Å²) >= 11 is 0. The van der Waals surface area contributed by atoms with Gasteiger partial charge in [-0.25, -0.2) is 9.37 Å². The summed E-state index contributed by atoms with van der Waals surface area (Å²) in [5.41, 5.74) is 2.08. The van der Waals surface area contributed by atoms with Crippen LogP contribution in [0.1, 0.15) is 22.3 Å². The fourth-order valence-electron chi connectivity index (χ4n) is 3.94. The number of allylic oxidation sites excluding steroid dienone is 1. The van der Waals surface area contributed by atoms with E-state index in [1.165, 1.54) is 0 Å². The molecule has 1 aromatic carbocycles. The van der Waals surface area contributed by atoms with Crippen molar-refractivity contribution in [3.63, 3.8) is 0 Å². The van der Waals surface area contributed by atoms with Crippen LogP contribution in [0.3, 0.4) is 0 Å². The zero-order valence-electron chi connectivity index (χ0n) is 18.6. The number of anilines is 3. The average molecular weight is 454 g/mol. The first-order valence-corrected chi connectivity index (χ1v) is 10.8. The lowest BCUT2D eigenvalue weighted by molar-refractivity contribution is 0.0966. The SMILES string of the molecule is C=CC(=C)N1CCC(Nc2nc(Nc3ccc(OCCOC)cc3)c3c(c2F)CNC3=O)C1. The molecule has 0 saturated carbocycles. The topological polar surface area (TPSA) is 87.8 Å². The maximum Gasteiger partial charge on any atom is 0.255 e. The molecule has 0 spiro atoms. The van der Waals surface area contributed by atoms with E-state index < -0.39 is 5.82 Å². The first-order valence-electron chi connectivity index (χ1n) is 10.8. The molecule has 4 rings (SSSR count). The van der Waals surface area contributed by atoms with Crippen LogP contribution in [0.4, 0.5) is 21.7 Å². The Morgan fingerprint density at radius 2 is 2.12 bits per heavy atom. The first-order chi connectivity index (χ1) is 16.0. The number of halogens is 1. The van der Waals surface area contributed by atoms with E-state index in [1.807, 2.05) is 12.1 Å². The van der Waals surface area contributed by atoms with E-state index in [0.29, 0.717) is 42.6 Å². The molecule has 0 bridgehead atoms. The number of nitrogens with one attached hydrogen (secondary N) is 3. The number of hydrogen-bond donors (Lipinski definition) is 3. The number of carbonyl (C=O) groups is 1. The van der Waals surface area contributed by atoms with Crippen molar-refractivity contribution in [3.8, 4) is 5.75 Å². The monoisotopic (exact) mass is 453 g/mol. The zero-order chi connectivity index (χ0) is 23.4. The lowest BCUT2D eigenvalue weighted by Gasteiger charge is -2.20. The molecule has 9 heteroatoms. The molecule has 8 nitrogen and oxygen atoms in total. The summed E-state index contributed by atoms with van der Waals surface area (Å²) in [7, 11) is 1.62. The summed E-state index contributed by atoms with van der Waals surface area (Å²) in [4.78, 5) is 19.0. The van der Waals surface area contributed by atoms with Gasteiger partial charge in [-0.1, -0.05) is 13.2 Å². The number of hydrogen-bond acceptors (Lipinski definition) is 7. The maximum absolute atomic E-state index is 15.2. The number of pyridine rings is 1. The molecule has 1 unspecified atom stereocenters. The number of carbonyl (C=O) groups excluding carboxylic acids is 1. The van der Waals surface area contributed by atoms with Gasteiger partial charge in [-0.05, 0) is 36.8 Å². The second kappa shape index (κ2) is 9.91. The summed E-state index contributed by atoms with van der Waals surface area (Å²) in [5.74, 6) is 0.281. The highest BCUT2D eigenvalue weighted by Crippen LogP contribution is 2.32. The van der Waals surface area contributed by atoms with Gasteiger partial charge in [0.25, 0.3) is 5.91 Å². The zero-order valence-corrected chi connectivity index (χ0v) is 18.6. The molecule has 1 atom stereocenters. The van der Waals surface area contributed by atoms with Crippen molar-refractivity contribution in [2.24, 2.45) is 0 Å². The van der Waals surface area contributed by atoms with Crippen LogP contribution in [0.25, 0.3) is 0 Å². The summed E-state index contributed by atoms with van der Waals surface area (Å²) in [6.45, 7) is 10.3. The highest BCUT2D eigenvalue weighted by Gasteiger charge is 2.31. The van der Waals surface area contributed by atoms with E-state index in [1.54, 1.807) is 25.3 Å². The Morgan fingerprint density at radius 1 is 1.33 bits per heavy atom. The van der Waals surface area contributed by atoms with E-state index >= 15 is 4.39 Å². The van der Waals surface area contributed by atoms with Crippen LogP contribution in [0, 0.1) is 5.82 Å². The number of amides is 1. The fraction of sp³-hybridized carbons (Fsp3) is 0.333. The number of likely N-dealkylation sites (tertiary alicyclic amines) is 1. The van der Waals surface area contributed by atoms with Crippen molar-refractivity contribution >= 4 is 23.2 Å². The molecule has 1 amide bonds. The van der Waals surface area contributed by atoms with Crippen molar-refractivity contribution in [1.82, 2.24) is 15.2 Å². The van der Waals surface area contributed by atoms with E-state index in [0.717, 1.165) is 18.7 Å². The van der Waals surface area contributed by atoms with Crippen LogP contribution < -0.4 is 20.7 Å².